The summed E-state index contributed by atoms with van der Waals surface area (Å²) in [6, 6.07) is 0.331. The molecule has 2 N–H and O–H groups in total. The van der Waals surface area contributed by atoms with Crippen molar-refractivity contribution in [3.05, 3.63) is 12.2 Å². The van der Waals surface area contributed by atoms with Crippen LogP contribution in [0.2, 0.25) is 0 Å². The molecule has 0 aromatic rings. The van der Waals surface area contributed by atoms with Crippen LogP contribution in [-0.4, -0.2) is 52.2 Å². The first-order valence-corrected chi connectivity index (χ1v) is 10.6. The fourth-order valence-corrected chi connectivity index (χ4v) is 9.75. The number of fused-ring (bicyclic) bond motifs is 1. The maximum absolute atomic E-state index is 13.0. The number of carbonyl (C=O) groups is 1. The first-order valence-electron chi connectivity index (χ1n) is 10.6. The largest absolute Gasteiger partial charge is 0.392 e. The minimum absolute atomic E-state index is 0.130. The summed E-state index contributed by atoms with van der Waals surface area (Å²) < 4.78 is 0. The van der Waals surface area contributed by atoms with Crippen molar-refractivity contribution in [3.8, 4) is 0 Å². The Bertz CT molecular complexity index is 735. The SMILES string of the molecule is C=C1[C@H]2C[C@]3([C@@H]1O)[C@@H]1C[C@@H]4[C@@]5(C)CC[C@H](O)[C@]4([C@H]1N(CC)C5)[C@@H]3CC2=O. The van der Waals surface area contributed by atoms with Gasteiger partial charge >= 0.3 is 0 Å². The molecule has 4 heteroatoms. The lowest BCUT2D eigenvalue weighted by molar-refractivity contribution is -0.211. The van der Waals surface area contributed by atoms with E-state index in [-0.39, 0.29) is 40.0 Å². The monoisotopic (exact) mass is 357 g/mol. The summed E-state index contributed by atoms with van der Waals surface area (Å²) in [6.07, 6.45) is 3.50. The van der Waals surface area contributed by atoms with Crippen molar-refractivity contribution >= 4 is 5.78 Å². The Morgan fingerprint density at radius 3 is 2.81 bits per heavy atom. The van der Waals surface area contributed by atoms with Gasteiger partial charge in [-0.05, 0) is 61.0 Å². The fraction of sp³-hybridized carbons (Fsp3) is 0.864. The van der Waals surface area contributed by atoms with Gasteiger partial charge in [0.15, 0.2) is 0 Å². The predicted molar refractivity (Wildman–Crippen MR) is 97.2 cm³/mol. The van der Waals surface area contributed by atoms with Crippen LogP contribution >= 0.6 is 0 Å². The highest BCUT2D eigenvalue weighted by atomic mass is 16.3. The normalized spacial score (nSPS) is 62.7. The number of rotatable bonds is 1. The average Bonchev–Trinajstić information content (AvgIpc) is 3.14. The second kappa shape index (κ2) is 4.47. The van der Waals surface area contributed by atoms with E-state index in [4.69, 9.17) is 0 Å². The van der Waals surface area contributed by atoms with Crippen molar-refractivity contribution in [3.63, 3.8) is 0 Å². The maximum Gasteiger partial charge on any atom is 0.140 e. The predicted octanol–water partition coefficient (Wildman–Crippen LogP) is 2.00. The smallest absolute Gasteiger partial charge is 0.140 e. The molecule has 0 aromatic heterocycles. The van der Waals surface area contributed by atoms with E-state index in [0.29, 0.717) is 24.3 Å². The molecule has 6 fully saturated rings. The summed E-state index contributed by atoms with van der Waals surface area (Å²) in [4.78, 5) is 15.6. The summed E-state index contributed by atoms with van der Waals surface area (Å²) in [7, 11) is 0. The summed E-state index contributed by atoms with van der Waals surface area (Å²) in [5.41, 5.74) is 0.598. The Hall–Kier alpha value is -0.710. The fourth-order valence-electron chi connectivity index (χ4n) is 9.75. The van der Waals surface area contributed by atoms with Gasteiger partial charge in [0.05, 0.1) is 12.2 Å². The molecule has 6 rings (SSSR count). The van der Waals surface area contributed by atoms with Gasteiger partial charge in [-0.2, -0.15) is 0 Å². The molecule has 4 nitrogen and oxygen atoms in total. The number of nitrogens with zero attached hydrogens (tertiary/aromatic N) is 1. The van der Waals surface area contributed by atoms with Gasteiger partial charge < -0.3 is 10.2 Å². The summed E-state index contributed by atoms with van der Waals surface area (Å²) in [5.74, 6) is 1.16. The second-order valence-corrected chi connectivity index (χ2v) is 10.7. The highest BCUT2D eigenvalue weighted by molar-refractivity contribution is 5.87. The van der Waals surface area contributed by atoms with Gasteiger partial charge in [-0.15, -0.1) is 0 Å². The van der Waals surface area contributed by atoms with E-state index in [1.807, 2.05) is 0 Å². The number of ketones is 1. The topological polar surface area (TPSA) is 60.8 Å². The number of likely N-dealkylation sites (tertiary alicyclic amines) is 1. The maximum atomic E-state index is 13.0. The minimum atomic E-state index is -0.561. The van der Waals surface area contributed by atoms with Crippen molar-refractivity contribution in [2.75, 3.05) is 13.1 Å². The number of hydrogen-bond donors (Lipinski definition) is 2. The van der Waals surface area contributed by atoms with Gasteiger partial charge in [-0.3, -0.25) is 9.69 Å². The van der Waals surface area contributed by atoms with Crippen molar-refractivity contribution in [1.29, 1.82) is 0 Å². The zero-order valence-corrected chi connectivity index (χ0v) is 15.9. The Morgan fingerprint density at radius 1 is 1.31 bits per heavy atom. The van der Waals surface area contributed by atoms with E-state index in [1.54, 1.807) is 0 Å². The van der Waals surface area contributed by atoms with Gasteiger partial charge in [0.25, 0.3) is 0 Å². The Balaban J connectivity index is 1.62. The lowest BCUT2D eigenvalue weighted by atomic mass is 9.43. The van der Waals surface area contributed by atoms with Gasteiger partial charge in [-0.25, -0.2) is 0 Å². The van der Waals surface area contributed by atoms with Gasteiger partial charge in [0.2, 0.25) is 0 Å². The van der Waals surface area contributed by atoms with Gasteiger partial charge in [0.1, 0.15) is 5.78 Å². The molecule has 5 saturated carbocycles. The lowest BCUT2D eigenvalue weighted by Crippen LogP contribution is -2.68. The number of aliphatic hydroxyl groups excluding tert-OH is 2. The van der Waals surface area contributed by atoms with Crippen LogP contribution in [0.3, 0.4) is 0 Å². The first-order chi connectivity index (χ1) is 12.3. The van der Waals surface area contributed by atoms with E-state index in [9.17, 15) is 15.0 Å². The minimum Gasteiger partial charge on any atom is -0.392 e. The Morgan fingerprint density at radius 2 is 2.08 bits per heavy atom. The third-order valence-corrected chi connectivity index (χ3v) is 10.4. The molecule has 26 heavy (non-hydrogen) atoms. The highest BCUT2D eigenvalue weighted by Crippen LogP contribution is 2.83. The van der Waals surface area contributed by atoms with E-state index in [2.05, 4.69) is 25.3 Å². The van der Waals surface area contributed by atoms with Crippen molar-refractivity contribution in [2.45, 2.75) is 64.2 Å². The van der Waals surface area contributed by atoms with Crippen molar-refractivity contribution < 1.29 is 15.0 Å². The summed E-state index contributed by atoms with van der Waals surface area (Å²) in [5, 5.41) is 22.8. The second-order valence-electron chi connectivity index (χ2n) is 10.7. The van der Waals surface area contributed by atoms with Crippen molar-refractivity contribution in [2.24, 2.45) is 39.9 Å². The molecule has 5 aliphatic carbocycles. The van der Waals surface area contributed by atoms with Gasteiger partial charge in [-0.1, -0.05) is 20.4 Å². The Kier molecular flexibility index (Phi) is 2.80. The van der Waals surface area contributed by atoms with E-state index >= 15 is 0 Å². The zero-order valence-electron chi connectivity index (χ0n) is 15.9. The van der Waals surface area contributed by atoms with Crippen LogP contribution in [0.1, 0.15) is 46.0 Å². The molecule has 6 aliphatic rings. The Labute approximate surface area is 155 Å². The zero-order chi connectivity index (χ0) is 18.2. The summed E-state index contributed by atoms with van der Waals surface area (Å²) in [6.45, 7) is 10.9. The van der Waals surface area contributed by atoms with Crippen LogP contribution in [0.15, 0.2) is 12.2 Å². The van der Waals surface area contributed by atoms with Crippen LogP contribution < -0.4 is 0 Å². The number of aliphatic hydroxyl groups is 2. The lowest BCUT2D eigenvalue weighted by Gasteiger charge is -2.65. The molecule has 7 bridgehead atoms. The molecular weight excluding hydrogens is 326 g/mol. The van der Waals surface area contributed by atoms with E-state index < -0.39 is 6.10 Å². The van der Waals surface area contributed by atoms with Crippen LogP contribution in [0.4, 0.5) is 0 Å². The van der Waals surface area contributed by atoms with Crippen molar-refractivity contribution in [1.82, 2.24) is 4.90 Å². The quantitative estimate of drug-likeness (QED) is 0.705. The molecular formula is C22H31NO3. The third kappa shape index (κ3) is 1.33. The standard InChI is InChI=1S/C22H31NO3/c1-4-23-10-20(3)6-5-17(25)22-15(20)7-13(18(22)23)21-9-12(11(2)19(21)26)14(24)8-16(21)22/h12-13,15-19,25-26H,2,4-10H2,1,3H3/t12-,13-,15-,16-,17+,18+,19-,20+,21+,22-/m1/s1. The van der Waals surface area contributed by atoms with Gasteiger partial charge in [0, 0.05) is 35.8 Å². The molecule has 2 spiro atoms. The molecule has 0 unspecified atom stereocenters. The number of piperidine rings is 1. The summed E-state index contributed by atoms with van der Waals surface area (Å²) >= 11 is 0. The van der Waals surface area contributed by atoms with Crippen LogP contribution in [0.25, 0.3) is 0 Å². The van der Waals surface area contributed by atoms with Crippen LogP contribution in [0, 0.1) is 39.9 Å². The van der Waals surface area contributed by atoms with Crippen LogP contribution in [0.5, 0.6) is 0 Å². The first kappa shape index (κ1) is 16.3. The molecule has 10 atom stereocenters. The number of carbonyl (C=O) groups excluding carboxylic acids is 1. The molecule has 142 valence electrons. The molecule has 1 heterocycles. The molecule has 1 aliphatic heterocycles. The molecule has 0 aromatic carbocycles. The molecule has 0 radical (unpaired) electrons. The molecule has 1 saturated heterocycles. The van der Waals surface area contributed by atoms with E-state index in [1.165, 1.54) is 0 Å². The number of hydrogen-bond acceptors (Lipinski definition) is 4. The van der Waals surface area contributed by atoms with E-state index in [0.717, 1.165) is 44.3 Å². The average molecular weight is 357 g/mol. The number of Topliss-reactive ketones (excluding diaryl/α,β-unsaturated/α-hetero) is 1. The van der Waals surface area contributed by atoms with Crippen LogP contribution in [-0.2, 0) is 4.79 Å². The highest BCUT2D eigenvalue weighted by Gasteiger charge is 2.85. The third-order valence-electron chi connectivity index (χ3n) is 10.4. The molecule has 0 amide bonds.